The number of nitrogens with one attached hydrogen (secondary N) is 1. The van der Waals surface area contributed by atoms with Crippen LogP contribution in [0.4, 0.5) is 0 Å². The average molecular weight is 368 g/mol. The molecule has 11 heteroatoms. The van der Waals surface area contributed by atoms with Crippen molar-refractivity contribution in [1.82, 2.24) is 15.3 Å². The third kappa shape index (κ3) is 3.73. The van der Waals surface area contributed by atoms with E-state index in [4.69, 9.17) is 11.6 Å². The number of nitrogens with zero attached hydrogens (tertiary/aromatic N) is 2. The molecular weight excluding hydrogens is 354 g/mol. The Hall–Kier alpha value is -1.26. The second-order valence-corrected chi connectivity index (χ2v) is 9.63. The molecule has 0 bridgehead atoms. The number of sulfone groups is 2. The van der Waals surface area contributed by atoms with Crippen molar-refractivity contribution in [3.63, 3.8) is 0 Å². The Labute approximate surface area is 133 Å². The molecule has 2 rings (SSSR count). The van der Waals surface area contributed by atoms with E-state index in [2.05, 4.69) is 15.3 Å². The van der Waals surface area contributed by atoms with E-state index in [-0.39, 0.29) is 28.0 Å². The molecule has 8 nitrogen and oxygen atoms in total. The zero-order valence-corrected chi connectivity index (χ0v) is 14.0. The van der Waals surface area contributed by atoms with Gasteiger partial charge in [-0.2, -0.15) is 0 Å². The number of aromatic nitrogens is 2. The van der Waals surface area contributed by atoms with Crippen molar-refractivity contribution in [1.29, 1.82) is 0 Å². The molecule has 2 heterocycles. The molecule has 0 saturated carbocycles. The minimum Gasteiger partial charge on any atom is -0.347 e. The molecule has 1 aliphatic heterocycles. The molecule has 1 saturated heterocycles. The lowest BCUT2D eigenvalue weighted by Gasteiger charge is -2.11. The lowest BCUT2D eigenvalue weighted by Crippen LogP contribution is -2.36. The van der Waals surface area contributed by atoms with Gasteiger partial charge < -0.3 is 5.32 Å². The van der Waals surface area contributed by atoms with Gasteiger partial charge in [-0.15, -0.1) is 0 Å². The second-order valence-electron chi connectivity index (χ2n) is 4.83. The Kier molecular flexibility index (Phi) is 4.73. The Bertz CT molecular complexity index is 807. The predicted octanol–water partition coefficient (Wildman–Crippen LogP) is -0.159. The normalized spacial score (nSPS) is 20.7. The monoisotopic (exact) mass is 367 g/mol. The molecule has 1 aromatic rings. The summed E-state index contributed by atoms with van der Waals surface area (Å²) in [5, 5.41) is 1.91. The molecule has 1 amide bonds. The average Bonchev–Trinajstić information content (AvgIpc) is 2.78. The molecular formula is C11H14ClN3O5S2. The number of carbonyl (C=O) groups is 1. The third-order valence-corrected chi connectivity index (χ3v) is 6.72. The molecule has 0 unspecified atom stereocenters. The summed E-state index contributed by atoms with van der Waals surface area (Å²) in [7, 11) is -6.82. The van der Waals surface area contributed by atoms with Crippen molar-refractivity contribution in [2.75, 3.05) is 17.3 Å². The molecule has 0 radical (unpaired) electrons. The fourth-order valence-electron chi connectivity index (χ4n) is 1.95. The van der Waals surface area contributed by atoms with Gasteiger partial charge in [0.15, 0.2) is 15.5 Å². The topological polar surface area (TPSA) is 123 Å². The molecule has 1 fully saturated rings. The van der Waals surface area contributed by atoms with Crippen LogP contribution in [-0.4, -0.2) is 56.0 Å². The van der Waals surface area contributed by atoms with E-state index in [1.54, 1.807) is 0 Å². The van der Waals surface area contributed by atoms with Crippen LogP contribution < -0.4 is 5.32 Å². The van der Waals surface area contributed by atoms with E-state index in [0.29, 0.717) is 6.42 Å². The number of rotatable bonds is 4. The number of carbonyl (C=O) groups excluding carboxylic acids is 1. The van der Waals surface area contributed by atoms with Crippen molar-refractivity contribution in [3.8, 4) is 0 Å². The van der Waals surface area contributed by atoms with Crippen molar-refractivity contribution in [3.05, 3.63) is 16.9 Å². The molecule has 122 valence electrons. The van der Waals surface area contributed by atoms with Gasteiger partial charge in [0.25, 0.3) is 5.91 Å². The molecule has 0 aromatic carbocycles. The van der Waals surface area contributed by atoms with E-state index in [0.717, 1.165) is 6.20 Å². The summed E-state index contributed by atoms with van der Waals surface area (Å²) in [6, 6.07) is -0.533. The first kappa shape index (κ1) is 17.1. The van der Waals surface area contributed by atoms with Gasteiger partial charge in [-0.25, -0.2) is 26.8 Å². The minimum atomic E-state index is -3.67. The fraction of sp³-hybridized carbons (Fsp3) is 0.545. The van der Waals surface area contributed by atoms with Gasteiger partial charge >= 0.3 is 0 Å². The highest BCUT2D eigenvalue weighted by atomic mass is 35.5. The molecule has 1 aromatic heterocycles. The Morgan fingerprint density at radius 2 is 2.18 bits per heavy atom. The van der Waals surface area contributed by atoms with Crippen LogP contribution in [0.2, 0.25) is 5.02 Å². The van der Waals surface area contributed by atoms with Gasteiger partial charge in [-0.3, -0.25) is 4.79 Å². The van der Waals surface area contributed by atoms with E-state index in [1.807, 2.05) is 0 Å². The Morgan fingerprint density at radius 1 is 1.50 bits per heavy atom. The van der Waals surface area contributed by atoms with Crippen molar-refractivity contribution < 1.29 is 21.6 Å². The van der Waals surface area contributed by atoms with Gasteiger partial charge in [0.1, 0.15) is 0 Å². The van der Waals surface area contributed by atoms with Gasteiger partial charge in [0.2, 0.25) is 15.0 Å². The highest BCUT2D eigenvalue weighted by molar-refractivity contribution is 7.91. The SMILES string of the molecule is CCS(=O)(=O)c1ncc(Cl)c(C(=O)N[C@@H]2CCS(=O)(=O)C2)n1. The quantitative estimate of drug-likeness (QED) is 0.733. The van der Waals surface area contributed by atoms with E-state index >= 15 is 0 Å². The lowest BCUT2D eigenvalue weighted by molar-refractivity contribution is 0.0935. The van der Waals surface area contributed by atoms with Crippen molar-refractivity contribution in [2.24, 2.45) is 0 Å². The zero-order chi connectivity index (χ0) is 16.5. The summed E-state index contributed by atoms with van der Waals surface area (Å²) in [5.41, 5.74) is -0.284. The Morgan fingerprint density at radius 3 is 2.73 bits per heavy atom. The molecule has 1 aliphatic rings. The van der Waals surface area contributed by atoms with Gasteiger partial charge in [0, 0.05) is 6.04 Å². The van der Waals surface area contributed by atoms with E-state index in [1.165, 1.54) is 6.92 Å². The largest absolute Gasteiger partial charge is 0.347 e. The van der Waals surface area contributed by atoms with Crippen LogP contribution in [-0.2, 0) is 19.7 Å². The van der Waals surface area contributed by atoms with E-state index < -0.39 is 36.8 Å². The first-order valence-electron chi connectivity index (χ1n) is 6.41. The van der Waals surface area contributed by atoms with Crippen LogP contribution >= 0.6 is 11.6 Å². The maximum atomic E-state index is 12.1. The molecule has 0 aliphatic carbocycles. The van der Waals surface area contributed by atoms with Gasteiger partial charge in [-0.1, -0.05) is 18.5 Å². The zero-order valence-electron chi connectivity index (χ0n) is 11.6. The second kappa shape index (κ2) is 6.09. The van der Waals surface area contributed by atoms with Crippen LogP contribution in [0.25, 0.3) is 0 Å². The number of hydrogen-bond acceptors (Lipinski definition) is 7. The van der Waals surface area contributed by atoms with Crippen molar-refractivity contribution >= 4 is 37.2 Å². The van der Waals surface area contributed by atoms with Crippen LogP contribution in [0.5, 0.6) is 0 Å². The molecule has 22 heavy (non-hydrogen) atoms. The van der Waals surface area contributed by atoms with Crippen LogP contribution in [0.15, 0.2) is 11.4 Å². The summed E-state index contributed by atoms with van der Waals surface area (Å²) < 4.78 is 46.2. The summed E-state index contributed by atoms with van der Waals surface area (Å²) in [6.45, 7) is 1.43. The van der Waals surface area contributed by atoms with Crippen molar-refractivity contribution in [2.45, 2.75) is 24.5 Å². The highest BCUT2D eigenvalue weighted by Gasteiger charge is 2.30. The molecule has 1 N–H and O–H groups in total. The number of hydrogen-bond donors (Lipinski definition) is 1. The first-order chi connectivity index (χ1) is 10.1. The highest BCUT2D eigenvalue weighted by Crippen LogP contribution is 2.17. The third-order valence-electron chi connectivity index (χ3n) is 3.16. The number of halogens is 1. The fourth-order valence-corrected chi connectivity index (χ4v) is 4.50. The standard InChI is InChI=1S/C11H14ClN3O5S2/c1-2-22(19,20)11-13-5-8(12)9(15-11)10(16)14-7-3-4-21(17,18)6-7/h5,7H,2-4,6H2,1H3,(H,14,16)/t7-/m1/s1. The Balaban J connectivity index is 2.25. The van der Waals surface area contributed by atoms with Gasteiger partial charge in [0.05, 0.1) is 28.5 Å². The molecule has 1 atom stereocenters. The number of amides is 1. The maximum absolute atomic E-state index is 12.1. The van der Waals surface area contributed by atoms with Crippen LogP contribution in [0.1, 0.15) is 23.8 Å². The maximum Gasteiger partial charge on any atom is 0.271 e. The first-order valence-corrected chi connectivity index (χ1v) is 10.3. The summed E-state index contributed by atoms with van der Waals surface area (Å²) in [5.74, 6) is -1.08. The smallest absolute Gasteiger partial charge is 0.271 e. The van der Waals surface area contributed by atoms with Crippen LogP contribution in [0, 0.1) is 0 Å². The summed E-state index contributed by atoms with van der Waals surface area (Å²) >= 11 is 5.83. The predicted molar refractivity (Wildman–Crippen MR) is 79.3 cm³/mol. The van der Waals surface area contributed by atoms with Gasteiger partial charge in [-0.05, 0) is 6.42 Å². The summed E-state index contributed by atoms with van der Waals surface area (Å²) in [6.07, 6.45) is 1.34. The molecule has 0 spiro atoms. The summed E-state index contributed by atoms with van der Waals surface area (Å²) in [4.78, 5) is 19.4. The minimum absolute atomic E-state index is 0.00488. The lowest BCUT2D eigenvalue weighted by atomic mass is 10.2. The van der Waals surface area contributed by atoms with E-state index in [9.17, 15) is 21.6 Å². The van der Waals surface area contributed by atoms with Crippen LogP contribution in [0.3, 0.4) is 0 Å².